The van der Waals surface area contributed by atoms with Crippen molar-refractivity contribution in [3.63, 3.8) is 0 Å². The maximum absolute atomic E-state index is 15.7. The number of likely N-dealkylation sites (tertiary alicyclic amines) is 1. The first-order valence-corrected chi connectivity index (χ1v) is 19.5. The Balaban J connectivity index is 1.26. The van der Waals surface area contributed by atoms with Crippen LogP contribution >= 0.6 is 0 Å². The Morgan fingerprint density at radius 2 is 1.70 bits per heavy atom. The van der Waals surface area contributed by atoms with Gasteiger partial charge in [0.2, 0.25) is 15.9 Å². The van der Waals surface area contributed by atoms with Gasteiger partial charge in [0.1, 0.15) is 12.3 Å². The standard InChI is InChI=1S/C32H60F2N8O3S/c1-3-10-32(4-2)11-5-22(33)19-38-26(18-32)28(30(35)36)31(43)39-27-21-37-20-25(34)29(27)41-14-8-24(9-15-41)46(44,45)42-17-16-40-12-6-23(42)7-13-40/h22-30,37-38H,3-21,35-36H2,1-2H3,(H,39,43). The molecule has 0 aliphatic carbocycles. The third kappa shape index (κ3) is 8.06. The minimum Gasteiger partial charge on any atom is -0.350 e. The summed E-state index contributed by atoms with van der Waals surface area (Å²) in [5.41, 5.74) is 12.4. The van der Waals surface area contributed by atoms with Crippen LogP contribution < -0.4 is 27.4 Å². The normalized spacial score (nSPS) is 38.2. The van der Waals surface area contributed by atoms with Gasteiger partial charge >= 0.3 is 0 Å². The molecule has 7 unspecified atom stereocenters. The fourth-order valence-corrected chi connectivity index (χ4v) is 11.4. The third-order valence-corrected chi connectivity index (χ3v) is 14.4. The molecule has 0 spiro atoms. The van der Waals surface area contributed by atoms with Gasteiger partial charge in [0.15, 0.2) is 0 Å². The van der Waals surface area contributed by atoms with Crippen LogP contribution in [0.15, 0.2) is 0 Å². The molecule has 46 heavy (non-hydrogen) atoms. The number of halogens is 2. The summed E-state index contributed by atoms with van der Waals surface area (Å²) in [6.07, 6.45) is 4.10. The van der Waals surface area contributed by atoms with Gasteiger partial charge in [0.05, 0.1) is 29.4 Å². The molecule has 0 radical (unpaired) electrons. The van der Waals surface area contributed by atoms with Gasteiger partial charge in [-0.25, -0.2) is 17.2 Å². The number of rotatable bonds is 10. The summed E-state index contributed by atoms with van der Waals surface area (Å²) in [6, 6.07) is -1.47. The maximum atomic E-state index is 15.7. The quantitative estimate of drug-likeness (QED) is 0.213. The van der Waals surface area contributed by atoms with E-state index in [9.17, 15) is 17.6 Å². The summed E-state index contributed by atoms with van der Waals surface area (Å²) in [7, 11) is -3.46. The summed E-state index contributed by atoms with van der Waals surface area (Å²) in [5, 5.41) is 9.05. The van der Waals surface area contributed by atoms with Crippen LogP contribution in [0.4, 0.5) is 8.78 Å². The largest absolute Gasteiger partial charge is 0.350 e. The molecular formula is C32H60F2N8O3S. The fourth-order valence-electron chi connectivity index (χ4n) is 9.24. The van der Waals surface area contributed by atoms with Crippen LogP contribution in [0.2, 0.25) is 0 Å². The molecule has 7 atom stereocenters. The molecule has 6 heterocycles. The molecule has 6 aliphatic rings. The van der Waals surface area contributed by atoms with Crippen molar-refractivity contribution < 1.29 is 22.0 Å². The molecular weight excluding hydrogens is 614 g/mol. The Labute approximate surface area is 275 Å². The molecule has 6 fully saturated rings. The van der Waals surface area contributed by atoms with Crippen LogP contribution in [0.3, 0.4) is 0 Å². The van der Waals surface area contributed by atoms with Crippen LogP contribution in [0, 0.1) is 11.3 Å². The van der Waals surface area contributed by atoms with Crippen LogP contribution in [-0.4, -0.2) is 135 Å². The zero-order chi connectivity index (χ0) is 33.1. The lowest BCUT2D eigenvalue weighted by molar-refractivity contribution is -0.129. The van der Waals surface area contributed by atoms with Crippen LogP contribution in [0.25, 0.3) is 0 Å². The number of nitrogens with zero attached hydrogens (tertiary/aromatic N) is 3. The molecule has 1 amide bonds. The smallest absolute Gasteiger partial charge is 0.227 e. The van der Waals surface area contributed by atoms with E-state index in [0.29, 0.717) is 51.9 Å². The number of fused-ring (bicyclic) bond motifs is 4. The summed E-state index contributed by atoms with van der Waals surface area (Å²) < 4.78 is 59.9. The second-order valence-electron chi connectivity index (χ2n) is 14.8. The van der Waals surface area contributed by atoms with Crippen LogP contribution in [-0.2, 0) is 14.8 Å². The molecule has 2 bridgehead atoms. The topological polar surface area (TPSA) is 149 Å². The third-order valence-electron chi connectivity index (χ3n) is 12.0. The van der Waals surface area contributed by atoms with E-state index in [0.717, 1.165) is 58.2 Å². The van der Waals surface area contributed by atoms with E-state index in [-0.39, 0.29) is 30.5 Å². The Morgan fingerprint density at radius 3 is 2.35 bits per heavy atom. The highest BCUT2D eigenvalue weighted by Crippen LogP contribution is 2.41. The number of piperidine rings is 3. The van der Waals surface area contributed by atoms with E-state index in [1.807, 2.05) is 4.90 Å². The van der Waals surface area contributed by atoms with Gasteiger partial charge in [0.25, 0.3) is 0 Å². The van der Waals surface area contributed by atoms with Gasteiger partial charge in [-0.3, -0.25) is 9.69 Å². The lowest BCUT2D eigenvalue weighted by Crippen LogP contribution is -2.68. The molecule has 6 aliphatic heterocycles. The first-order chi connectivity index (χ1) is 22.0. The van der Waals surface area contributed by atoms with E-state index in [1.165, 1.54) is 0 Å². The zero-order valence-corrected chi connectivity index (χ0v) is 28.8. The number of carbonyl (C=O) groups is 1. The molecule has 0 aromatic rings. The van der Waals surface area contributed by atoms with Crippen molar-refractivity contribution in [1.82, 2.24) is 30.1 Å². The second kappa shape index (κ2) is 15.7. The predicted molar refractivity (Wildman–Crippen MR) is 177 cm³/mol. The van der Waals surface area contributed by atoms with E-state index >= 15 is 4.39 Å². The minimum atomic E-state index is -3.46. The average molecular weight is 675 g/mol. The highest BCUT2D eigenvalue weighted by atomic mass is 32.2. The number of carbonyl (C=O) groups excluding carboxylic acids is 1. The molecule has 0 saturated carbocycles. The zero-order valence-electron chi connectivity index (χ0n) is 28.0. The predicted octanol–water partition coefficient (Wildman–Crippen LogP) is 0.892. The van der Waals surface area contributed by atoms with E-state index in [1.54, 1.807) is 4.31 Å². The van der Waals surface area contributed by atoms with Gasteiger partial charge in [-0.05, 0) is 83.0 Å². The summed E-state index contributed by atoms with van der Waals surface area (Å²) >= 11 is 0. The van der Waals surface area contributed by atoms with Gasteiger partial charge in [-0.1, -0.05) is 26.7 Å². The molecule has 7 N–H and O–H groups in total. The monoisotopic (exact) mass is 674 g/mol. The fraction of sp³-hybridized carbons (Fsp3) is 0.969. The molecule has 14 heteroatoms. The number of nitrogens with two attached hydrogens (primary N) is 2. The minimum absolute atomic E-state index is 0.0791. The number of nitrogens with one attached hydrogen (secondary N) is 3. The molecule has 6 saturated heterocycles. The Bertz CT molecular complexity index is 1100. The highest BCUT2D eigenvalue weighted by Gasteiger charge is 2.46. The lowest BCUT2D eigenvalue weighted by atomic mass is 9.69. The summed E-state index contributed by atoms with van der Waals surface area (Å²) in [4.78, 5) is 18.4. The Kier molecular flexibility index (Phi) is 12.4. The second-order valence-corrected chi connectivity index (χ2v) is 17.0. The molecule has 0 aromatic heterocycles. The summed E-state index contributed by atoms with van der Waals surface area (Å²) in [6.45, 7) is 9.08. The number of alkyl halides is 2. The van der Waals surface area contributed by atoms with E-state index < -0.39 is 57.8 Å². The Hall–Kier alpha value is -1.00. The maximum Gasteiger partial charge on any atom is 0.227 e. The van der Waals surface area contributed by atoms with Crippen molar-refractivity contribution in [1.29, 1.82) is 0 Å². The number of hydrogen-bond donors (Lipinski definition) is 5. The average Bonchev–Trinajstić information content (AvgIpc) is 3.37. The summed E-state index contributed by atoms with van der Waals surface area (Å²) in [5.74, 6) is -1.16. The van der Waals surface area contributed by atoms with Gasteiger partial charge in [-0.2, -0.15) is 4.31 Å². The molecule has 11 nitrogen and oxygen atoms in total. The van der Waals surface area contributed by atoms with E-state index in [4.69, 9.17) is 11.5 Å². The number of sulfonamides is 1. The first kappa shape index (κ1) is 36.3. The van der Waals surface area contributed by atoms with Gasteiger partial charge in [-0.15, -0.1) is 0 Å². The van der Waals surface area contributed by atoms with E-state index in [2.05, 4.69) is 34.7 Å². The van der Waals surface area contributed by atoms with Crippen molar-refractivity contribution in [3.05, 3.63) is 0 Å². The SMILES string of the molecule is CCCC1(CC)CCC(F)CNC(C(C(=O)NC2CNCC(F)C2N2CCC(S(=O)(=O)N3CCN4CCC3CC4)CC2)C(N)N)C1. The van der Waals surface area contributed by atoms with Crippen LogP contribution in [0.1, 0.15) is 78.1 Å². The van der Waals surface area contributed by atoms with Crippen molar-refractivity contribution in [2.24, 2.45) is 22.8 Å². The first-order valence-electron chi connectivity index (χ1n) is 18.0. The van der Waals surface area contributed by atoms with Gasteiger partial charge < -0.3 is 32.3 Å². The number of amides is 1. The molecule has 266 valence electrons. The van der Waals surface area contributed by atoms with Gasteiger partial charge in [0, 0.05) is 44.8 Å². The van der Waals surface area contributed by atoms with Crippen LogP contribution in [0.5, 0.6) is 0 Å². The van der Waals surface area contributed by atoms with Crippen molar-refractivity contribution in [3.8, 4) is 0 Å². The Morgan fingerprint density at radius 1 is 0.978 bits per heavy atom. The van der Waals surface area contributed by atoms with Crippen molar-refractivity contribution in [2.75, 3.05) is 58.9 Å². The van der Waals surface area contributed by atoms with Crippen molar-refractivity contribution in [2.45, 2.75) is 126 Å². The molecule has 0 aromatic carbocycles. The lowest BCUT2D eigenvalue weighted by Gasteiger charge is -2.46. The number of hydrogen-bond acceptors (Lipinski definition) is 9. The highest BCUT2D eigenvalue weighted by molar-refractivity contribution is 7.89. The van der Waals surface area contributed by atoms with Crippen molar-refractivity contribution >= 4 is 15.9 Å². The molecule has 6 rings (SSSR count).